The number of quaternary nitrogens is 1. The molecule has 3 atom stereocenters. The van der Waals surface area contributed by atoms with E-state index in [9.17, 15) is 19.5 Å². The second kappa shape index (κ2) is 11.2. The molecule has 4 N–H and O–H groups in total. The first-order valence-corrected chi connectivity index (χ1v) is 12.9. The number of hydrogen-bond donors (Lipinski definition) is 3. The highest BCUT2D eigenvalue weighted by molar-refractivity contribution is 5.95. The molecule has 0 spiro atoms. The monoisotopic (exact) mass is 509 g/mol. The largest absolute Gasteiger partial charge is 0.508 e. The molecule has 2 aliphatic rings. The summed E-state index contributed by atoms with van der Waals surface area (Å²) < 4.78 is 5.90. The van der Waals surface area contributed by atoms with Crippen LogP contribution >= 0.6 is 0 Å². The minimum absolute atomic E-state index is 0.129. The predicted octanol–water partition coefficient (Wildman–Crippen LogP) is 3.13. The number of primary amides is 1. The Balaban J connectivity index is 1.57. The maximum Gasteiger partial charge on any atom is 0.338 e. The quantitative estimate of drug-likeness (QED) is 0.336. The topological polar surface area (TPSA) is 122 Å². The summed E-state index contributed by atoms with van der Waals surface area (Å²) in [4.78, 5) is 40.1. The normalized spacial score (nSPS) is 21.7. The number of carbonyl (C=O) groups is 3. The third-order valence-electron chi connectivity index (χ3n) is 7.35. The number of aromatic hydroxyl groups is 1. The van der Waals surface area contributed by atoms with Crippen molar-refractivity contribution in [3.63, 3.8) is 0 Å². The first-order valence-electron chi connectivity index (χ1n) is 12.9. The van der Waals surface area contributed by atoms with E-state index in [1.54, 1.807) is 60.4 Å². The predicted molar refractivity (Wildman–Crippen MR) is 140 cm³/mol. The fourth-order valence-corrected chi connectivity index (χ4v) is 5.31. The molecule has 198 valence electrons. The molecule has 0 bridgehead atoms. The standard InChI is InChI=1S/C28H36N4O5/c1-3-37-27(35)21-8-10-22(11-9-21)30-28(36)31(23-14-15-32(2,18-23)17-20-4-5-20)25(26(29)34)16-19-6-12-24(33)13-7-19/h6-13,20,23,25H,3-5,14-18H2,1-2H3,(H3-,29,30,33,34,35,36)/p+1/t23-,25+,32?/m1/s1. The minimum Gasteiger partial charge on any atom is -0.508 e. The summed E-state index contributed by atoms with van der Waals surface area (Å²) in [5.41, 5.74) is 7.58. The van der Waals surface area contributed by atoms with Gasteiger partial charge in [0.1, 0.15) is 11.8 Å². The van der Waals surface area contributed by atoms with Gasteiger partial charge in [-0.2, -0.15) is 0 Å². The molecule has 0 aromatic heterocycles. The Morgan fingerprint density at radius 2 is 1.78 bits per heavy atom. The van der Waals surface area contributed by atoms with E-state index in [2.05, 4.69) is 12.4 Å². The van der Waals surface area contributed by atoms with Crippen molar-refractivity contribution in [1.29, 1.82) is 0 Å². The molecule has 1 aliphatic carbocycles. The Hall–Kier alpha value is -3.59. The van der Waals surface area contributed by atoms with Crippen molar-refractivity contribution in [2.75, 3.05) is 38.6 Å². The molecule has 1 unspecified atom stereocenters. The molecule has 0 radical (unpaired) electrons. The number of amides is 3. The van der Waals surface area contributed by atoms with E-state index in [1.807, 2.05) is 0 Å². The van der Waals surface area contributed by atoms with Crippen molar-refractivity contribution in [3.8, 4) is 5.75 Å². The van der Waals surface area contributed by atoms with Gasteiger partial charge in [-0.25, -0.2) is 9.59 Å². The number of nitrogens with one attached hydrogen (secondary N) is 1. The number of likely N-dealkylation sites (tertiary alicyclic amines) is 1. The van der Waals surface area contributed by atoms with Crippen LogP contribution in [-0.2, 0) is 16.0 Å². The number of benzene rings is 2. The Kier molecular flexibility index (Phi) is 8.02. The zero-order valence-corrected chi connectivity index (χ0v) is 21.6. The number of phenols is 1. The van der Waals surface area contributed by atoms with Gasteiger partial charge in [0, 0.05) is 24.4 Å². The third kappa shape index (κ3) is 6.80. The molecule has 1 saturated heterocycles. The van der Waals surface area contributed by atoms with E-state index < -0.39 is 23.9 Å². The Morgan fingerprint density at radius 1 is 1.11 bits per heavy atom. The maximum absolute atomic E-state index is 13.7. The van der Waals surface area contributed by atoms with E-state index in [0.29, 0.717) is 11.3 Å². The summed E-state index contributed by atoms with van der Waals surface area (Å²) in [7, 11) is 2.22. The van der Waals surface area contributed by atoms with E-state index in [1.165, 1.54) is 12.8 Å². The summed E-state index contributed by atoms with van der Waals surface area (Å²) >= 11 is 0. The maximum atomic E-state index is 13.7. The van der Waals surface area contributed by atoms with Gasteiger partial charge < -0.3 is 30.3 Å². The lowest BCUT2D eigenvalue weighted by Gasteiger charge is -2.36. The molecule has 1 saturated carbocycles. The number of hydrogen-bond acceptors (Lipinski definition) is 5. The second-order valence-corrected chi connectivity index (χ2v) is 10.5. The molecule has 1 aliphatic heterocycles. The summed E-state index contributed by atoms with van der Waals surface area (Å²) in [6, 6.07) is 11.6. The van der Waals surface area contributed by atoms with Crippen molar-refractivity contribution in [2.24, 2.45) is 11.7 Å². The number of nitrogens with two attached hydrogens (primary N) is 1. The number of anilines is 1. The number of esters is 1. The number of likely N-dealkylation sites (N-methyl/N-ethyl adjacent to an activating group) is 1. The van der Waals surface area contributed by atoms with E-state index in [0.717, 1.165) is 42.0 Å². The highest BCUT2D eigenvalue weighted by atomic mass is 16.5. The molecule has 37 heavy (non-hydrogen) atoms. The van der Waals surface area contributed by atoms with Crippen molar-refractivity contribution in [3.05, 3.63) is 59.7 Å². The summed E-state index contributed by atoms with van der Waals surface area (Å²) in [5.74, 6) is -0.135. The lowest BCUT2D eigenvalue weighted by Crippen LogP contribution is -2.57. The van der Waals surface area contributed by atoms with Gasteiger partial charge in [0.2, 0.25) is 5.91 Å². The van der Waals surface area contributed by atoms with Crippen molar-refractivity contribution < 1.29 is 28.7 Å². The number of carbonyl (C=O) groups excluding carboxylic acids is 3. The van der Waals surface area contributed by atoms with Crippen LogP contribution in [-0.4, -0.2) is 77.8 Å². The van der Waals surface area contributed by atoms with Crippen LogP contribution in [0.15, 0.2) is 48.5 Å². The molecule has 4 rings (SSSR count). The van der Waals surface area contributed by atoms with Crippen molar-refractivity contribution in [1.82, 2.24) is 4.90 Å². The molecule has 1 heterocycles. The zero-order valence-electron chi connectivity index (χ0n) is 21.6. The smallest absolute Gasteiger partial charge is 0.338 e. The first kappa shape index (κ1) is 26.5. The average Bonchev–Trinajstić information content (AvgIpc) is 3.59. The highest BCUT2D eigenvalue weighted by Gasteiger charge is 2.45. The lowest BCUT2D eigenvalue weighted by atomic mass is 10.0. The van der Waals surface area contributed by atoms with Gasteiger partial charge in [0.25, 0.3) is 0 Å². The number of rotatable bonds is 10. The van der Waals surface area contributed by atoms with Gasteiger partial charge in [-0.1, -0.05) is 12.1 Å². The molecule has 2 fully saturated rings. The van der Waals surface area contributed by atoms with Crippen LogP contribution in [0.3, 0.4) is 0 Å². The van der Waals surface area contributed by atoms with Crippen LogP contribution in [0.25, 0.3) is 0 Å². The molecule has 9 heteroatoms. The average molecular weight is 510 g/mol. The van der Waals surface area contributed by atoms with Crippen LogP contribution in [0.2, 0.25) is 0 Å². The Labute approximate surface area is 217 Å². The second-order valence-electron chi connectivity index (χ2n) is 10.5. The van der Waals surface area contributed by atoms with Crippen LogP contribution in [0.5, 0.6) is 5.75 Å². The van der Waals surface area contributed by atoms with Gasteiger partial charge in [0.05, 0.1) is 44.9 Å². The Morgan fingerprint density at radius 3 is 2.38 bits per heavy atom. The van der Waals surface area contributed by atoms with Gasteiger partial charge in [0.15, 0.2) is 0 Å². The van der Waals surface area contributed by atoms with E-state index >= 15 is 0 Å². The van der Waals surface area contributed by atoms with Crippen LogP contribution in [0, 0.1) is 5.92 Å². The number of urea groups is 1. The molecule has 2 aromatic rings. The van der Waals surface area contributed by atoms with E-state index in [-0.39, 0.29) is 24.8 Å². The van der Waals surface area contributed by atoms with Crippen molar-refractivity contribution in [2.45, 2.75) is 44.7 Å². The van der Waals surface area contributed by atoms with Gasteiger partial charge in [-0.05, 0) is 61.7 Å². The summed E-state index contributed by atoms with van der Waals surface area (Å²) in [5, 5.41) is 12.6. The van der Waals surface area contributed by atoms with Crippen LogP contribution < -0.4 is 11.1 Å². The fourth-order valence-electron chi connectivity index (χ4n) is 5.31. The fraction of sp³-hybridized carbons (Fsp3) is 0.464. The van der Waals surface area contributed by atoms with Crippen LogP contribution in [0.4, 0.5) is 10.5 Å². The SMILES string of the molecule is CCOC(=O)c1ccc(NC(=O)N([C@@H]2CC[N+](C)(CC3CC3)C2)[C@@H](Cc2ccc(O)cc2)C(N)=O)cc1. The van der Waals surface area contributed by atoms with E-state index in [4.69, 9.17) is 10.5 Å². The number of nitrogens with zero attached hydrogens (tertiary/aromatic N) is 2. The molecular formula is C28H37N4O5+. The minimum atomic E-state index is -0.860. The molecule has 3 amide bonds. The first-order chi connectivity index (χ1) is 17.7. The Bertz CT molecular complexity index is 1120. The molecular weight excluding hydrogens is 472 g/mol. The number of phenolic OH excluding ortho intramolecular Hbond substituents is 1. The summed E-state index contributed by atoms with van der Waals surface area (Å²) in [6.45, 7) is 4.79. The third-order valence-corrected chi connectivity index (χ3v) is 7.35. The van der Waals surface area contributed by atoms with Crippen molar-refractivity contribution >= 4 is 23.6 Å². The summed E-state index contributed by atoms with van der Waals surface area (Å²) in [6.07, 6.45) is 3.54. The number of ether oxygens (including phenoxy) is 1. The van der Waals surface area contributed by atoms with Gasteiger partial charge in [-0.15, -0.1) is 0 Å². The molecule has 9 nitrogen and oxygen atoms in total. The zero-order chi connectivity index (χ0) is 26.6. The van der Waals surface area contributed by atoms with Gasteiger partial charge >= 0.3 is 12.0 Å². The molecule has 2 aromatic carbocycles. The van der Waals surface area contributed by atoms with Gasteiger partial charge in [-0.3, -0.25) is 4.79 Å². The lowest BCUT2D eigenvalue weighted by molar-refractivity contribution is -0.900. The highest BCUT2D eigenvalue weighted by Crippen LogP contribution is 2.35. The van der Waals surface area contributed by atoms with Crippen LogP contribution in [0.1, 0.15) is 42.1 Å².